The van der Waals surface area contributed by atoms with Crippen molar-refractivity contribution in [2.24, 2.45) is 0 Å². The van der Waals surface area contributed by atoms with Crippen LogP contribution in [-0.2, 0) is 4.74 Å². The molecule has 0 saturated carbocycles. The van der Waals surface area contributed by atoms with Gasteiger partial charge in [-0.3, -0.25) is 0 Å². The number of anilines is 1. The van der Waals surface area contributed by atoms with Crippen LogP contribution >= 0.6 is 0 Å². The molecule has 76 valence electrons. The van der Waals surface area contributed by atoms with E-state index in [9.17, 15) is 4.39 Å². The molecule has 1 saturated heterocycles. The van der Waals surface area contributed by atoms with Crippen LogP contribution in [0.2, 0.25) is 0 Å². The third-order valence-electron chi connectivity index (χ3n) is 2.30. The summed E-state index contributed by atoms with van der Waals surface area (Å²) in [6.07, 6.45) is 3.38. The summed E-state index contributed by atoms with van der Waals surface area (Å²) in [5.41, 5.74) is 0. The van der Waals surface area contributed by atoms with Crippen molar-refractivity contribution in [1.29, 1.82) is 0 Å². The van der Waals surface area contributed by atoms with Gasteiger partial charge in [-0.15, -0.1) is 0 Å². The Kier molecular flexibility index (Phi) is 2.93. The predicted molar refractivity (Wildman–Crippen MR) is 51.7 cm³/mol. The molecule has 0 spiro atoms. The third kappa shape index (κ3) is 2.42. The summed E-state index contributed by atoms with van der Waals surface area (Å²) in [4.78, 5) is 4.04. The Balaban J connectivity index is 1.95. The van der Waals surface area contributed by atoms with Gasteiger partial charge in [0.1, 0.15) is 11.6 Å². The smallest absolute Gasteiger partial charge is 0.129 e. The first-order chi connectivity index (χ1) is 6.84. The van der Waals surface area contributed by atoms with E-state index in [0.29, 0.717) is 11.9 Å². The summed E-state index contributed by atoms with van der Waals surface area (Å²) in [5.74, 6) is 0.353. The Labute approximate surface area is 82.3 Å². The lowest BCUT2D eigenvalue weighted by Crippen LogP contribution is -2.28. The second kappa shape index (κ2) is 4.37. The van der Waals surface area contributed by atoms with Gasteiger partial charge in [0.05, 0.1) is 0 Å². The van der Waals surface area contributed by atoms with Gasteiger partial charge in [-0.25, -0.2) is 9.37 Å². The zero-order chi connectivity index (χ0) is 9.80. The van der Waals surface area contributed by atoms with Crippen LogP contribution in [0.15, 0.2) is 18.3 Å². The minimum absolute atomic E-state index is 0.255. The number of nitrogens with one attached hydrogen (secondary N) is 1. The molecule has 1 N–H and O–H groups in total. The highest BCUT2D eigenvalue weighted by Gasteiger charge is 2.13. The molecule has 2 rings (SSSR count). The van der Waals surface area contributed by atoms with Gasteiger partial charge >= 0.3 is 0 Å². The zero-order valence-corrected chi connectivity index (χ0v) is 7.87. The van der Waals surface area contributed by atoms with Gasteiger partial charge < -0.3 is 10.1 Å². The van der Waals surface area contributed by atoms with Crippen molar-refractivity contribution in [3.05, 3.63) is 24.1 Å². The molecule has 0 unspecified atom stereocenters. The third-order valence-corrected chi connectivity index (χ3v) is 2.30. The standard InChI is InChI=1S/C10H13FN2O/c11-8-1-4-12-10(7-8)13-9-2-5-14-6-3-9/h1,4,7,9H,2-3,5-6H2,(H,12,13). The first kappa shape index (κ1) is 9.40. The second-order valence-electron chi connectivity index (χ2n) is 3.39. The van der Waals surface area contributed by atoms with Crippen molar-refractivity contribution < 1.29 is 9.13 Å². The number of aromatic nitrogens is 1. The highest BCUT2D eigenvalue weighted by atomic mass is 19.1. The lowest BCUT2D eigenvalue weighted by Gasteiger charge is -2.23. The number of rotatable bonds is 2. The topological polar surface area (TPSA) is 34.2 Å². The summed E-state index contributed by atoms with van der Waals surface area (Å²) >= 11 is 0. The minimum Gasteiger partial charge on any atom is -0.381 e. The second-order valence-corrected chi connectivity index (χ2v) is 3.39. The van der Waals surface area contributed by atoms with E-state index in [4.69, 9.17) is 4.74 Å². The van der Waals surface area contributed by atoms with Crippen LogP contribution in [0.3, 0.4) is 0 Å². The molecule has 4 heteroatoms. The average Bonchev–Trinajstić information content (AvgIpc) is 2.19. The lowest BCUT2D eigenvalue weighted by molar-refractivity contribution is 0.0904. The van der Waals surface area contributed by atoms with E-state index < -0.39 is 0 Å². The Hall–Kier alpha value is -1.16. The van der Waals surface area contributed by atoms with Gasteiger partial charge in [0.25, 0.3) is 0 Å². The summed E-state index contributed by atoms with van der Waals surface area (Å²) < 4.78 is 18.0. The summed E-state index contributed by atoms with van der Waals surface area (Å²) in [5, 5.41) is 3.19. The van der Waals surface area contributed by atoms with Crippen LogP contribution in [0, 0.1) is 5.82 Å². The molecule has 0 bridgehead atoms. The molecule has 3 nitrogen and oxygen atoms in total. The lowest BCUT2D eigenvalue weighted by atomic mass is 10.1. The van der Waals surface area contributed by atoms with Crippen LogP contribution in [-0.4, -0.2) is 24.2 Å². The van der Waals surface area contributed by atoms with E-state index in [1.165, 1.54) is 18.3 Å². The van der Waals surface area contributed by atoms with E-state index in [1.54, 1.807) is 0 Å². The molecule has 1 aromatic rings. The Morgan fingerprint density at radius 2 is 2.21 bits per heavy atom. The normalized spacial score (nSPS) is 18.1. The molecule has 2 heterocycles. The summed E-state index contributed by atoms with van der Waals surface area (Å²) in [6.45, 7) is 1.54. The van der Waals surface area contributed by atoms with Crippen molar-refractivity contribution in [3.63, 3.8) is 0 Å². The van der Waals surface area contributed by atoms with Gasteiger partial charge in [0.2, 0.25) is 0 Å². The van der Waals surface area contributed by atoms with Crippen LogP contribution in [0.25, 0.3) is 0 Å². The zero-order valence-electron chi connectivity index (χ0n) is 7.87. The van der Waals surface area contributed by atoms with Gasteiger partial charge in [0, 0.05) is 31.5 Å². The number of hydrogen-bond acceptors (Lipinski definition) is 3. The van der Waals surface area contributed by atoms with Gasteiger partial charge in [-0.2, -0.15) is 0 Å². The van der Waals surface area contributed by atoms with Crippen LogP contribution in [0.1, 0.15) is 12.8 Å². The van der Waals surface area contributed by atoms with E-state index in [2.05, 4.69) is 10.3 Å². The molecule has 0 atom stereocenters. The molecular weight excluding hydrogens is 183 g/mol. The fourth-order valence-corrected chi connectivity index (χ4v) is 1.53. The fraction of sp³-hybridized carbons (Fsp3) is 0.500. The Morgan fingerprint density at radius 1 is 1.43 bits per heavy atom. The van der Waals surface area contributed by atoms with Crippen molar-refractivity contribution in [3.8, 4) is 0 Å². The summed E-state index contributed by atoms with van der Waals surface area (Å²) in [7, 11) is 0. The number of halogens is 1. The molecule has 1 fully saturated rings. The van der Waals surface area contributed by atoms with Gasteiger partial charge in [0.15, 0.2) is 0 Å². The summed E-state index contributed by atoms with van der Waals surface area (Å²) in [6, 6.07) is 3.11. The average molecular weight is 196 g/mol. The fourth-order valence-electron chi connectivity index (χ4n) is 1.53. The highest BCUT2D eigenvalue weighted by molar-refractivity contribution is 5.35. The first-order valence-corrected chi connectivity index (χ1v) is 4.80. The molecule has 14 heavy (non-hydrogen) atoms. The van der Waals surface area contributed by atoms with Crippen LogP contribution in [0.4, 0.5) is 10.2 Å². The van der Waals surface area contributed by atoms with Crippen LogP contribution < -0.4 is 5.32 Å². The van der Waals surface area contributed by atoms with Crippen molar-refractivity contribution in [1.82, 2.24) is 4.98 Å². The molecule has 0 radical (unpaired) electrons. The molecule has 1 aliphatic heterocycles. The van der Waals surface area contributed by atoms with Gasteiger partial charge in [-0.1, -0.05) is 0 Å². The van der Waals surface area contributed by atoms with Crippen molar-refractivity contribution in [2.75, 3.05) is 18.5 Å². The molecule has 0 aliphatic carbocycles. The van der Waals surface area contributed by atoms with E-state index in [0.717, 1.165) is 26.1 Å². The molecule has 0 aromatic carbocycles. The monoisotopic (exact) mass is 196 g/mol. The maximum absolute atomic E-state index is 12.8. The van der Waals surface area contributed by atoms with Crippen LogP contribution in [0.5, 0.6) is 0 Å². The Morgan fingerprint density at radius 3 is 2.93 bits per heavy atom. The highest BCUT2D eigenvalue weighted by Crippen LogP contribution is 2.13. The quantitative estimate of drug-likeness (QED) is 0.783. The largest absolute Gasteiger partial charge is 0.381 e. The Bertz CT molecular complexity index is 300. The van der Waals surface area contributed by atoms with Crippen molar-refractivity contribution in [2.45, 2.75) is 18.9 Å². The molecule has 0 amide bonds. The number of hydrogen-bond donors (Lipinski definition) is 1. The SMILES string of the molecule is Fc1ccnc(NC2CCOCC2)c1. The number of pyridine rings is 1. The predicted octanol–water partition coefficient (Wildman–Crippen LogP) is 1.81. The maximum atomic E-state index is 12.8. The number of nitrogens with zero attached hydrogens (tertiary/aromatic N) is 1. The molecule has 1 aliphatic rings. The first-order valence-electron chi connectivity index (χ1n) is 4.80. The van der Waals surface area contributed by atoms with E-state index in [-0.39, 0.29) is 5.82 Å². The van der Waals surface area contributed by atoms with Crippen molar-refractivity contribution >= 4 is 5.82 Å². The number of ether oxygens (including phenoxy) is 1. The van der Waals surface area contributed by atoms with E-state index >= 15 is 0 Å². The molecular formula is C10H13FN2O. The van der Waals surface area contributed by atoms with Gasteiger partial charge in [-0.05, 0) is 18.9 Å². The minimum atomic E-state index is -0.255. The van der Waals surface area contributed by atoms with E-state index in [1.807, 2.05) is 0 Å². The maximum Gasteiger partial charge on any atom is 0.129 e. The molecule has 1 aromatic heterocycles.